The highest BCUT2D eigenvalue weighted by Gasteiger charge is 2.25. The Kier molecular flexibility index (Phi) is 4.75. The first-order valence-electron chi connectivity index (χ1n) is 8.37. The highest BCUT2D eigenvalue weighted by atomic mass is 16.2. The first-order chi connectivity index (χ1) is 10.8. The van der Waals surface area contributed by atoms with Gasteiger partial charge in [-0.3, -0.25) is 4.79 Å². The molecule has 3 rings (SSSR count). The van der Waals surface area contributed by atoms with E-state index in [0.29, 0.717) is 12.5 Å². The summed E-state index contributed by atoms with van der Waals surface area (Å²) in [4.78, 5) is 24.7. The zero-order chi connectivity index (χ0) is 15.4. The molecule has 0 saturated carbocycles. The van der Waals surface area contributed by atoms with E-state index in [0.717, 1.165) is 44.2 Å². The minimum absolute atomic E-state index is 0.237. The van der Waals surface area contributed by atoms with E-state index in [2.05, 4.69) is 20.2 Å². The molecule has 1 amide bonds. The van der Waals surface area contributed by atoms with Crippen molar-refractivity contribution in [1.82, 2.24) is 14.9 Å². The zero-order valence-electron chi connectivity index (χ0n) is 13.3. The molecule has 2 aliphatic heterocycles. The molecule has 1 N–H and O–H groups in total. The summed E-state index contributed by atoms with van der Waals surface area (Å²) in [6, 6.07) is 2.33. The summed E-state index contributed by atoms with van der Waals surface area (Å²) in [5.74, 6) is 2.11. The molecule has 0 aliphatic carbocycles. The Morgan fingerprint density at radius 3 is 2.86 bits per heavy atom. The number of nitrogens with one attached hydrogen (secondary N) is 1. The molecule has 2 saturated heterocycles. The monoisotopic (exact) mass is 303 g/mol. The Morgan fingerprint density at radius 2 is 2.09 bits per heavy atom. The normalized spacial score (nSPS) is 22.0. The maximum Gasteiger partial charge on any atom is 0.222 e. The predicted molar refractivity (Wildman–Crippen MR) is 87.0 cm³/mol. The van der Waals surface area contributed by atoms with Crippen molar-refractivity contribution >= 4 is 17.5 Å². The Morgan fingerprint density at radius 1 is 1.27 bits per heavy atom. The van der Waals surface area contributed by atoms with Crippen LogP contribution in [0.3, 0.4) is 0 Å². The molecule has 0 radical (unpaired) electrons. The van der Waals surface area contributed by atoms with E-state index in [1.165, 1.54) is 19.3 Å². The van der Waals surface area contributed by atoms with Gasteiger partial charge in [0.05, 0.1) is 0 Å². The van der Waals surface area contributed by atoms with Crippen LogP contribution >= 0.6 is 0 Å². The molecule has 2 fully saturated rings. The molecule has 120 valence electrons. The van der Waals surface area contributed by atoms with Crippen LogP contribution in [0.5, 0.6) is 0 Å². The van der Waals surface area contributed by atoms with Crippen molar-refractivity contribution < 1.29 is 4.79 Å². The number of rotatable bonds is 4. The van der Waals surface area contributed by atoms with Crippen molar-refractivity contribution in [2.24, 2.45) is 0 Å². The molecular formula is C16H25N5O. The molecule has 3 heterocycles. The van der Waals surface area contributed by atoms with Gasteiger partial charge in [-0.1, -0.05) is 6.92 Å². The van der Waals surface area contributed by atoms with E-state index in [-0.39, 0.29) is 5.91 Å². The second-order valence-electron chi connectivity index (χ2n) is 6.13. The second-order valence-corrected chi connectivity index (χ2v) is 6.13. The smallest absolute Gasteiger partial charge is 0.222 e. The number of anilines is 2. The van der Waals surface area contributed by atoms with Gasteiger partial charge in [0, 0.05) is 44.7 Å². The Hall–Kier alpha value is -1.85. The molecular weight excluding hydrogens is 278 g/mol. The van der Waals surface area contributed by atoms with Crippen LogP contribution in [0.1, 0.15) is 39.0 Å². The van der Waals surface area contributed by atoms with Gasteiger partial charge in [-0.25, -0.2) is 9.97 Å². The highest BCUT2D eigenvalue weighted by Crippen LogP contribution is 2.21. The number of amides is 1. The van der Waals surface area contributed by atoms with Crippen molar-refractivity contribution in [3.8, 4) is 0 Å². The summed E-state index contributed by atoms with van der Waals surface area (Å²) in [5, 5.41) is 3.46. The number of carbonyl (C=O) groups excluding carboxylic acids is 1. The van der Waals surface area contributed by atoms with Crippen molar-refractivity contribution in [3.05, 3.63) is 12.4 Å². The van der Waals surface area contributed by atoms with Crippen LogP contribution in [-0.2, 0) is 4.79 Å². The summed E-state index contributed by atoms with van der Waals surface area (Å²) in [6.07, 6.45) is 6.99. The Bertz CT molecular complexity index is 515. The molecule has 22 heavy (non-hydrogen) atoms. The number of hydrogen-bond acceptors (Lipinski definition) is 5. The van der Waals surface area contributed by atoms with Crippen molar-refractivity contribution in [2.75, 3.05) is 36.4 Å². The van der Waals surface area contributed by atoms with Gasteiger partial charge in [-0.15, -0.1) is 0 Å². The maximum atomic E-state index is 11.7. The van der Waals surface area contributed by atoms with E-state index in [1.54, 1.807) is 6.33 Å². The molecule has 2 aliphatic rings. The lowest BCUT2D eigenvalue weighted by Crippen LogP contribution is -2.31. The van der Waals surface area contributed by atoms with E-state index >= 15 is 0 Å². The fourth-order valence-corrected chi connectivity index (χ4v) is 3.26. The third kappa shape index (κ3) is 3.48. The van der Waals surface area contributed by atoms with Crippen molar-refractivity contribution in [3.63, 3.8) is 0 Å². The first-order valence-corrected chi connectivity index (χ1v) is 8.37. The number of piperidine rings is 1. The number of aromatic nitrogens is 2. The van der Waals surface area contributed by atoms with Gasteiger partial charge in [0.25, 0.3) is 0 Å². The molecule has 1 atom stereocenters. The maximum absolute atomic E-state index is 11.7. The molecule has 6 nitrogen and oxygen atoms in total. The fourth-order valence-electron chi connectivity index (χ4n) is 3.26. The van der Waals surface area contributed by atoms with E-state index in [9.17, 15) is 4.79 Å². The largest absolute Gasteiger partial charge is 0.365 e. The van der Waals surface area contributed by atoms with Gasteiger partial charge >= 0.3 is 0 Å². The Balaban J connectivity index is 1.60. The number of carbonyl (C=O) groups is 1. The molecule has 1 unspecified atom stereocenters. The van der Waals surface area contributed by atoms with Crippen LogP contribution in [0.15, 0.2) is 12.4 Å². The van der Waals surface area contributed by atoms with E-state index < -0.39 is 0 Å². The lowest BCUT2D eigenvalue weighted by atomic mass is 10.1. The van der Waals surface area contributed by atoms with Gasteiger partial charge in [-0.05, 0) is 25.7 Å². The summed E-state index contributed by atoms with van der Waals surface area (Å²) >= 11 is 0. The minimum atomic E-state index is 0.237. The molecule has 1 aromatic rings. The average molecular weight is 303 g/mol. The predicted octanol–water partition coefficient (Wildman–Crippen LogP) is 1.89. The lowest BCUT2D eigenvalue weighted by molar-refractivity contribution is -0.129. The second kappa shape index (κ2) is 6.94. The summed E-state index contributed by atoms with van der Waals surface area (Å²) in [7, 11) is 0. The van der Waals surface area contributed by atoms with Gasteiger partial charge in [0.2, 0.25) is 5.91 Å². The third-order valence-corrected chi connectivity index (χ3v) is 4.53. The zero-order valence-corrected chi connectivity index (χ0v) is 13.3. The summed E-state index contributed by atoms with van der Waals surface area (Å²) in [5.41, 5.74) is 0. The SMILES string of the molecule is CCC(=O)N1CCC(Nc2cc(N3CCCCC3)ncn2)C1. The van der Waals surface area contributed by atoms with Gasteiger partial charge in [-0.2, -0.15) is 0 Å². The van der Waals surface area contributed by atoms with Crippen LogP contribution < -0.4 is 10.2 Å². The molecule has 0 spiro atoms. The first kappa shape index (κ1) is 15.1. The molecule has 0 aromatic carbocycles. The topological polar surface area (TPSA) is 61.4 Å². The van der Waals surface area contributed by atoms with Crippen LogP contribution in [0.2, 0.25) is 0 Å². The Labute approximate surface area is 131 Å². The van der Waals surface area contributed by atoms with Crippen molar-refractivity contribution in [2.45, 2.75) is 45.1 Å². The van der Waals surface area contributed by atoms with Crippen LogP contribution in [-0.4, -0.2) is 53.0 Å². The molecule has 6 heteroatoms. The van der Waals surface area contributed by atoms with Crippen molar-refractivity contribution in [1.29, 1.82) is 0 Å². The average Bonchev–Trinajstić information content (AvgIpc) is 3.04. The van der Waals surface area contributed by atoms with Gasteiger partial charge in [0.1, 0.15) is 18.0 Å². The van der Waals surface area contributed by atoms with Gasteiger partial charge < -0.3 is 15.1 Å². The molecule has 1 aromatic heterocycles. The summed E-state index contributed by atoms with van der Waals surface area (Å²) < 4.78 is 0. The summed E-state index contributed by atoms with van der Waals surface area (Å²) in [6.45, 7) is 5.69. The standard InChI is InChI=1S/C16H25N5O/c1-2-16(22)21-9-6-13(11-21)19-14-10-15(18-12-17-14)20-7-4-3-5-8-20/h10,12-13H,2-9,11H2,1H3,(H,17,18,19). The van der Waals surface area contributed by atoms with Crippen LogP contribution in [0.4, 0.5) is 11.6 Å². The number of likely N-dealkylation sites (tertiary alicyclic amines) is 1. The number of hydrogen-bond donors (Lipinski definition) is 1. The fraction of sp³-hybridized carbons (Fsp3) is 0.688. The number of nitrogens with zero attached hydrogens (tertiary/aromatic N) is 4. The van der Waals surface area contributed by atoms with Gasteiger partial charge in [0.15, 0.2) is 0 Å². The third-order valence-electron chi connectivity index (χ3n) is 4.53. The van der Waals surface area contributed by atoms with Crippen LogP contribution in [0.25, 0.3) is 0 Å². The van der Waals surface area contributed by atoms with E-state index in [4.69, 9.17) is 0 Å². The van der Waals surface area contributed by atoms with Crippen LogP contribution in [0, 0.1) is 0 Å². The van der Waals surface area contributed by atoms with E-state index in [1.807, 2.05) is 17.9 Å². The molecule has 0 bridgehead atoms. The quantitative estimate of drug-likeness (QED) is 0.920. The lowest BCUT2D eigenvalue weighted by Gasteiger charge is -2.27. The highest BCUT2D eigenvalue weighted by molar-refractivity contribution is 5.76. The minimum Gasteiger partial charge on any atom is -0.365 e.